The molecule has 1 saturated carbocycles. The van der Waals surface area contributed by atoms with Crippen LogP contribution in [0.3, 0.4) is 0 Å². The molecule has 4 nitrogen and oxygen atoms in total. The largest absolute Gasteiger partial charge is 0.449 e. The number of amides is 1. The fourth-order valence-corrected chi connectivity index (χ4v) is 1.94. The molecule has 0 aromatic rings. The van der Waals surface area contributed by atoms with Crippen molar-refractivity contribution >= 4 is 11.9 Å². The van der Waals surface area contributed by atoms with Crippen molar-refractivity contribution in [3.8, 4) is 0 Å². The molecule has 1 rings (SSSR count). The standard InChI is InChI=1S/C10H17NO3/c1-7(12)9-4-2-8(3-5-9)6-14-10(11)13/h8-9H,2-6H2,1H3,(H2,11,13). The zero-order chi connectivity index (χ0) is 10.6. The zero-order valence-corrected chi connectivity index (χ0v) is 8.49. The number of primary amides is 1. The third-order valence-electron chi connectivity index (χ3n) is 2.88. The Bertz CT molecular complexity index is 219. The molecule has 0 unspecified atom stereocenters. The molecule has 2 N–H and O–H groups in total. The number of rotatable bonds is 3. The van der Waals surface area contributed by atoms with Gasteiger partial charge in [-0.1, -0.05) is 0 Å². The van der Waals surface area contributed by atoms with Gasteiger partial charge < -0.3 is 10.5 Å². The quantitative estimate of drug-likeness (QED) is 0.748. The molecule has 4 heteroatoms. The smallest absolute Gasteiger partial charge is 0.404 e. The maximum absolute atomic E-state index is 11.1. The summed E-state index contributed by atoms with van der Waals surface area (Å²) in [4.78, 5) is 21.4. The molecule has 0 aromatic carbocycles. The van der Waals surface area contributed by atoms with Crippen molar-refractivity contribution < 1.29 is 14.3 Å². The van der Waals surface area contributed by atoms with E-state index < -0.39 is 6.09 Å². The van der Waals surface area contributed by atoms with E-state index >= 15 is 0 Å². The molecule has 14 heavy (non-hydrogen) atoms. The van der Waals surface area contributed by atoms with Crippen LogP contribution in [0.15, 0.2) is 0 Å². The molecule has 0 spiro atoms. The number of hydrogen-bond acceptors (Lipinski definition) is 3. The third-order valence-corrected chi connectivity index (χ3v) is 2.88. The van der Waals surface area contributed by atoms with Gasteiger partial charge in [-0.05, 0) is 38.5 Å². The summed E-state index contributed by atoms with van der Waals surface area (Å²) in [5.74, 6) is 0.886. The molecule has 0 saturated heterocycles. The summed E-state index contributed by atoms with van der Waals surface area (Å²) in [6.45, 7) is 2.05. The molecule has 0 bridgehead atoms. The number of hydrogen-bond donors (Lipinski definition) is 1. The van der Waals surface area contributed by atoms with Crippen molar-refractivity contribution in [1.29, 1.82) is 0 Å². The number of nitrogens with two attached hydrogens (primary N) is 1. The molecule has 1 aliphatic rings. The molecular formula is C10H17NO3. The summed E-state index contributed by atoms with van der Waals surface area (Å²) in [6.07, 6.45) is 3.04. The van der Waals surface area contributed by atoms with Gasteiger partial charge in [-0.2, -0.15) is 0 Å². The first-order valence-corrected chi connectivity index (χ1v) is 5.02. The van der Waals surface area contributed by atoms with E-state index in [1.165, 1.54) is 0 Å². The Kier molecular flexibility index (Phi) is 3.92. The van der Waals surface area contributed by atoms with Gasteiger partial charge in [0.15, 0.2) is 0 Å². The normalized spacial score (nSPS) is 26.9. The van der Waals surface area contributed by atoms with Crippen molar-refractivity contribution in [3.63, 3.8) is 0 Å². The third kappa shape index (κ3) is 3.36. The van der Waals surface area contributed by atoms with E-state index in [0.717, 1.165) is 25.7 Å². The lowest BCUT2D eigenvalue weighted by atomic mass is 9.81. The van der Waals surface area contributed by atoms with Gasteiger partial charge in [0, 0.05) is 5.92 Å². The Morgan fingerprint density at radius 3 is 2.29 bits per heavy atom. The summed E-state index contributed by atoms with van der Waals surface area (Å²) in [6, 6.07) is 0. The highest BCUT2D eigenvalue weighted by Crippen LogP contribution is 2.29. The number of carbonyl (C=O) groups excluding carboxylic acids is 2. The molecule has 0 heterocycles. The Hall–Kier alpha value is -1.06. The number of ketones is 1. The summed E-state index contributed by atoms with van der Waals surface area (Å²) in [5, 5.41) is 0. The van der Waals surface area contributed by atoms with Crippen LogP contribution < -0.4 is 5.73 Å². The highest BCUT2D eigenvalue weighted by atomic mass is 16.5. The number of ether oxygens (including phenoxy) is 1. The van der Waals surface area contributed by atoms with Crippen LogP contribution in [0.2, 0.25) is 0 Å². The molecule has 1 fully saturated rings. The van der Waals surface area contributed by atoms with E-state index in [9.17, 15) is 9.59 Å². The van der Waals surface area contributed by atoms with Crippen molar-refractivity contribution in [2.24, 2.45) is 17.6 Å². The van der Waals surface area contributed by atoms with Crippen molar-refractivity contribution in [1.82, 2.24) is 0 Å². The maximum atomic E-state index is 11.1. The first-order chi connectivity index (χ1) is 6.59. The van der Waals surface area contributed by atoms with E-state index in [0.29, 0.717) is 12.5 Å². The van der Waals surface area contributed by atoms with Gasteiger partial charge in [-0.25, -0.2) is 4.79 Å². The molecule has 1 amide bonds. The van der Waals surface area contributed by atoms with Gasteiger partial charge in [0.2, 0.25) is 0 Å². The Morgan fingerprint density at radius 2 is 1.86 bits per heavy atom. The van der Waals surface area contributed by atoms with Gasteiger partial charge in [0.05, 0.1) is 6.61 Å². The van der Waals surface area contributed by atoms with Crippen molar-refractivity contribution in [2.45, 2.75) is 32.6 Å². The summed E-state index contributed by atoms with van der Waals surface area (Å²) in [7, 11) is 0. The van der Waals surface area contributed by atoms with Gasteiger partial charge in [0.25, 0.3) is 0 Å². The second-order valence-electron chi connectivity index (χ2n) is 3.96. The lowest BCUT2D eigenvalue weighted by molar-refractivity contribution is -0.122. The highest BCUT2D eigenvalue weighted by Gasteiger charge is 2.24. The van der Waals surface area contributed by atoms with E-state index in [1.807, 2.05) is 0 Å². The minimum absolute atomic E-state index is 0.222. The molecule has 0 aromatic heterocycles. The van der Waals surface area contributed by atoms with Gasteiger partial charge in [-0.3, -0.25) is 4.79 Å². The second kappa shape index (κ2) is 4.98. The summed E-state index contributed by atoms with van der Waals surface area (Å²) >= 11 is 0. The van der Waals surface area contributed by atoms with Crippen LogP contribution in [0.4, 0.5) is 4.79 Å². The van der Waals surface area contributed by atoms with Gasteiger partial charge >= 0.3 is 6.09 Å². The van der Waals surface area contributed by atoms with Crippen LogP contribution in [0, 0.1) is 11.8 Å². The molecule has 0 aliphatic heterocycles. The SMILES string of the molecule is CC(=O)C1CCC(COC(N)=O)CC1. The Labute approximate surface area is 83.8 Å². The monoisotopic (exact) mass is 199 g/mol. The van der Waals surface area contributed by atoms with E-state index in [1.54, 1.807) is 6.92 Å². The summed E-state index contributed by atoms with van der Waals surface area (Å²) in [5.41, 5.74) is 4.87. The van der Waals surface area contributed by atoms with Crippen molar-refractivity contribution in [3.05, 3.63) is 0 Å². The van der Waals surface area contributed by atoms with Crippen LogP contribution in [-0.2, 0) is 9.53 Å². The van der Waals surface area contributed by atoms with Crippen molar-refractivity contribution in [2.75, 3.05) is 6.61 Å². The van der Waals surface area contributed by atoms with E-state index in [4.69, 9.17) is 10.5 Å². The average Bonchev–Trinajstić information content (AvgIpc) is 2.15. The van der Waals surface area contributed by atoms with Gasteiger partial charge in [0.1, 0.15) is 5.78 Å². The van der Waals surface area contributed by atoms with Crippen LogP contribution in [0.25, 0.3) is 0 Å². The predicted molar refractivity (Wildman–Crippen MR) is 51.7 cm³/mol. The molecule has 0 atom stereocenters. The topological polar surface area (TPSA) is 69.4 Å². The highest BCUT2D eigenvalue weighted by molar-refractivity contribution is 5.78. The van der Waals surface area contributed by atoms with Crippen LogP contribution in [-0.4, -0.2) is 18.5 Å². The first kappa shape index (κ1) is 11.0. The summed E-state index contributed by atoms with van der Waals surface area (Å²) < 4.78 is 4.73. The average molecular weight is 199 g/mol. The van der Waals surface area contributed by atoms with Crippen LogP contribution in [0.1, 0.15) is 32.6 Å². The maximum Gasteiger partial charge on any atom is 0.404 e. The van der Waals surface area contributed by atoms with Gasteiger partial charge in [-0.15, -0.1) is 0 Å². The fraction of sp³-hybridized carbons (Fsp3) is 0.800. The number of carbonyl (C=O) groups is 2. The molecular weight excluding hydrogens is 182 g/mol. The minimum Gasteiger partial charge on any atom is -0.449 e. The lowest BCUT2D eigenvalue weighted by Crippen LogP contribution is -2.25. The minimum atomic E-state index is -0.710. The van der Waals surface area contributed by atoms with E-state index in [-0.39, 0.29) is 11.7 Å². The zero-order valence-electron chi connectivity index (χ0n) is 8.49. The predicted octanol–water partition coefficient (Wildman–Crippen LogP) is 1.48. The fourth-order valence-electron chi connectivity index (χ4n) is 1.94. The molecule has 1 aliphatic carbocycles. The molecule has 0 radical (unpaired) electrons. The lowest BCUT2D eigenvalue weighted by Gasteiger charge is -2.26. The Morgan fingerprint density at radius 1 is 1.29 bits per heavy atom. The van der Waals surface area contributed by atoms with E-state index in [2.05, 4.69) is 0 Å². The first-order valence-electron chi connectivity index (χ1n) is 5.02. The van der Waals surface area contributed by atoms with Crippen LogP contribution in [0.5, 0.6) is 0 Å². The Balaban J connectivity index is 2.22. The van der Waals surface area contributed by atoms with Crippen LogP contribution >= 0.6 is 0 Å². The number of Topliss-reactive ketones (excluding diaryl/α,β-unsaturated/α-hetero) is 1. The molecule has 80 valence electrons. The second-order valence-corrected chi connectivity index (χ2v) is 3.96.